The van der Waals surface area contributed by atoms with Gasteiger partial charge >= 0.3 is 0 Å². The maximum absolute atomic E-state index is 5.85. The minimum Gasteiger partial charge on any atom is -0.455 e. The predicted molar refractivity (Wildman–Crippen MR) is 151 cm³/mol. The van der Waals surface area contributed by atoms with Crippen LogP contribution in [0.1, 0.15) is 11.3 Å². The Morgan fingerprint density at radius 3 is 1.74 bits per heavy atom. The number of hydrazone groups is 2. The average Bonchev–Trinajstić information content (AvgIpc) is 3.34. The van der Waals surface area contributed by atoms with Crippen LogP contribution in [0.2, 0.25) is 0 Å². The second kappa shape index (κ2) is 12.2. The van der Waals surface area contributed by atoms with E-state index in [1.165, 1.54) is 0 Å². The zero-order chi connectivity index (χ0) is 24.3. The number of benzene rings is 3. The van der Waals surface area contributed by atoms with Gasteiger partial charge in [0, 0.05) is 16.9 Å². The third-order valence-electron chi connectivity index (χ3n) is 4.62. The van der Waals surface area contributed by atoms with Gasteiger partial charge in [-0.2, -0.15) is 10.2 Å². The molecule has 1 heterocycles. The Labute approximate surface area is 214 Å². The van der Waals surface area contributed by atoms with Gasteiger partial charge in [0.1, 0.15) is 11.5 Å². The summed E-state index contributed by atoms with van der Waals surface area (Å²) < 4.78 is 5.85. The van der Waals surface area contributed by atoms with E-state index in [0.29, 0.717) is 16.0 Å². The number of para-hydroxylation sites is 2. The number of furan rings is 1. The van der Waals surface area contributed by atoms with Crippen LogP contribution in [0.15, 0.2) is 112 Å². The lowest BCUT2D eigenvalue weighted by atomic mass is 10.1. The minimum atomic E-state index is 0.391. The van der Waals surface area contributed by atoms with E-state index in [0.717, 1.165) is 28.3 Å². The number of hydrogen-bond acceptors (Lipinski definition) is 5. The molecule has 0 saturated heterocycles. The lowest BCUT2D eigenvalue weighted by molar-refractivity contribution is 0.574. The van der Waals surface area contributed by atoms with Gasteiger partial charge in [-0.1, -0.05) is 60.7 Å². The van der Waals surface area contributed by atoms with Gasteiger partial charge in [-0.3, -0.25) is 10.9 Å². The molecule has 4 rings (SSSR count). The molecule has 0 unspecified atom stereocenters. The quantitative estimate of drug-likeness (QED) is 0.150. The number of rotatable bonds is 7. The van der Waals surface area contributed by atoms with Gasteiger partial charge in [0.2, 0.25) is 0 Å². The first-order valence-corrected chi connectivity index (χ1v) is 11.5. The van der Waals surface area contributed by atoms with Crippen LogP contribution in [0.3, 0.4) is 0 Å². The Morgan fingerprint density at radius 2 is 1.17 bits per heavy atom. The molecule has 0 radical (unpaired) electrons. The van der Waals surface area contributed by atoms with E-state index < -0.39 is 0 Å². The SMILES string of the molecule is S=C(N/N=C/c1ccc(-c2ccc(/C=N/NC(=S)Nc3ccccc3)o2)cc1)Nc1ccccc1. The average molecular weight is 499 g/mol. The highest BCUT2D eigenvalue weighted by molar-refractivity contribution is 7.80. The Bertz CT molecular complexity index is 1320. The van der Waals surface area contributed by atoms with Crippen molar-refractivity contribution < 1.29 is 4.42 Å². The fourth-order valence-corrected chi connectivity index (χ4v) is 3.33. The van der Waals surface area contributed by atoms with Crippen molar-refractivity contribution in [2.24, 2.45) is 10.2 Å². The van der Waals surface area contributed by atoms with Crippen LogP contribution in [-0.4, -0.2) is 22.7 Å². The molecular formula is C26H22N6OS2. The van der Waals surface area contributed by atoms with Crippen molar-refractivity contribution in [1.29, 1.82) is 0 Å². The summed E-state index contributed by atoms with van der Waals surface area (Å²) in [5.41, 5.74) is 9.22. The van der Waals surface area contributed by atoms with Gasteiger partial charge in [0.05, 0.1) is 12.4 Å². The Morgan fingerprint density at radius 1 is 0.629 bits per heavy atom. The summed E-state index contributed by atoms with van der Waals surface area (Å²) in [7, 11) is 0. The lowest BCUT2D eigenvalue weighted by Gasteiger charge is -2.06. The topological polar surface area (TPSA) is 86.0 Å². The second-order valence-corrected chi connectivity index (χ2v) is 8.02. The molecule has 1 aromatic heterocycles. The minimum absolute atomic E-state index is 0.391. The van der Waals surface area contributed by atoms with Crippen LogP contribution < -0.4 is 21.5 Å². The molecule has 0 fully saturated rings. The first kappa shape index (κ1) is 23.8. The zero-order valence-corrected chi connectivity index (χ0v) is 20.1. The van der Waals surface area contributed by atoms with Crippen LogP contribution in [0.5, 0.6) is 0 Å². The van der Waals surface area contributed by atoms with Crippen LogP contribution in [0.25, 0.3) is 11.3 Å². The van der Waals surface area contributed by atoms with Crippen molar-refractivity contribution in [3.8, 4) is 11.3 Å². The van der Waals surface area contributed by atoms with Gasteiger partial charge in [0.15, 0.2) is 10.2 Å². The van der Waals surface area contributed by atoms with E-state index in [2.05, 4.69) is 31.7 Å². The number of hydrogen-bond donors (Lipinski definition) is 4. The Hall–Kier alpha value is -4.34. The van der Waals surface area contributed by atoms with Gasteiger partial charge < -0.3 is 15.1 Å². The van der Waals surface area contributed by atoms with Crippen molar-refractivity contribution >= 4 is 58.5 Å². The summed E-state index contributed by atoms with van der Waals surface area (Å²) in [5.74, 6) is 1.33. The molecular weight excluding hydrogens is 476 g/mol. The smallest absolute Gasteiger partial charge is 0.191 e. The molecule has 7 nitrogen and oxygen atoms in total. The van der Waals surface area contributed by atoms with Crippen molar-refractivity contribution in [1.82, 2.24) is 10.9 Å². The molecule has 3 aromatic carbocycles. The normalized spacial score (nSPS) is 10.9. The highest BCUT2D eigenvalue weighted by Crippen LogP contribution is 2.21. The molecule has 0 saturated carbocycles. The van der Waals surface area contributed by atoms with E-state index in [1.54, 1.807) is 12.4 Å². The maximum Gasteiger partial charge on any atom is 0.191 e. The van der Waals surface area contributed by atoms with Crippen LogP contribution in [-0.2, 0) is 0 Å². The number of anilines is 2. The van der Waals surface area contributed by atoms with Gasteiger partial charge in [-0.05, 0) is 66.4 Å². The molecule has 0 amide bonds. The first-order chi connectivity index (χ1) is 17.2. The predicted octanol–water partition coefficient (Wildman–Crippen LogP) is 5.59. The summed E-state index contributed by atoms with van der Waals surface area (Å²) in [5, 5.41) is 15.2. The van der Waals surface area contributed by atoms with Crippen LogP contribution >= 0.6 is 24.4 Å². The Kier molecular flexibility index (Phi) is 8.31. The fraction of sp³-hybridized carbons (Fsp3) is 0. The van der Waals surface area contributed by atoms with Gasteiger partial charge in [-0.25, -0.2) is 0 Å². The van der Waals surface area contributed by atoms with E-state index in [4.69, 9.17) is 28.9 Å². The number of nitrogens with one attached hydrogen (secondary N) is 4. The van der Waals surface area contributed by atoms with Gasteiger partial charge in [-0.15, -0.1) is 0 Å². The lowest BCUT2D eigenvalue weighted by Crippen LogP contribution is -2.23. The summed E-state index contributed by atoms with van der Waals surface area (Å²) in [4.78, 5) is 0. The van der Waals surface area contributed by atoms with Crippen molar-refractivity contribution in [3.05, 3.63) is 108 Å². The molecule has 9 heteroatoms. The first-order valence-electron chi connectivity index (χ1n) is 10.7. The van der Waals surface area contributed by atoms with E-state index >= 15 is 0 Å². The summed E-state index contributed by atoms with van der Waals surface area (Å²) in [6.45, 7) is 0. The molecule has 0 bridgehead atoms. The van der Waals surface area contributed by atoms with Crippen molar-refractivity contribution in [2.45, 2.75) is 0 Å². The fourth-order valence-electron chi connectivity index (χ4n) is 2.99. The summed E-state index contributed by atoms with van der Waals surface area (Å²) in [6, 6.07) is 30.8. The summed E-state index contributed by atoms with van der Waals surface area (Å²) in [6.07, 6.45) is 3.27. The number of nitrogens with zero attached hydrogens (tertiary/aromatic N) is 2. The molecule has 174 valence electrons. The van der Waals surface area contributed by atoms with Crippen LogP contribution in [0.4, 0.5) is 11.4 Å². The molecule has 35 heavy (non-hydrogen) atoms. The molecule has 0 aliphatic carbocycles. The van der Waals surface area contributed by atoms with Crippen molar-refractivity contribution in [3.63, 3.8) is 0 Å². The molecule has 0 aliphatic heterocycles. The maximum atomic E-state index is 5.85. The number of thiocarbonyl (C=S) groups is 2. The van der Waals surface area contributed by atoms with Crippen LogP contribution in [0, 0.1) is 0 Å². The third-order valence-corrected chi connectivity index (χ3v) is 5.01. The van der Waals surface area contributed by atoms with E-state index in [1.807, 2.05) is 97.1 Å². The second-order valence-electron chi connectivity index (χ2n) is 7.20. The summed E-state index contributed by atoms with van der Waals surface area (Å²) >= 11 is 10.5. The van der Waals surface area contributed by atoms with Gasteiger partial charge in [0.25, 0.3) is 0 Å². The largest absolute Gasteiger partial charge is 0.455 e. The Balaban J connectivity index is 1.26. The highest BCUT2D eigenvalue weighted by Gasteiger charge is 2.04. The molecule has 4 N–H and O–H groups in total. The molecule has 0 spiro atoms. The van der Waals surface area contributed by atoms with E-state index in [9.17, 15) is 0 Å². The standard InChI is InChI=1S/C26H22N6OS2/c34-25(29-21-7-3-1-4-8-21)31-27-17-19-11-13-20(14-12-19)24-16-15-23(33-24)18-28-32-26(35)30-22-9-5-2-6-10-22/h1-18H,(H2,29,31,34)(H2,30,32,35)/b27-17+,28-18+. The third kappa shape index (κ3) is 7.60. The molecule has 0 aliphatic rings. The zero-order valence-electron chi connectivity index (χ0n) is 18.5. The monoisotopic (exact) mass is 498 g/mol. The van der Waals surface area contributed by atoms with Crippen molar-refractivity contribution in [2.75, 3.05) is 10.6 Å². The molecule has 4 aromatic rings. The molecule has 0 atom stereocenters. The van der Waals surface area contributed by atoms with E-state index in [-0.39, 0.29) is 0 Å². The highest BCUT2D eigenvalue weighted by atomic mass is 32.1.